The highest BCUT2D eigenvalue weighted by Crippen LogP contribution is 2.36. The molecule has 18 heavy (non-hydrogen) atoms. The molecule has 0 spiro atoms. The highest BCUT2D eigenvalue weighted by molar-refractivity contribution is 7.14. The normalized spacial score (nSPS) is 12.6. The Morgan fingerprint density at radius 3 is 2.28 bits per heavy atom. The molecule has 5 heteroatoms. The summed E-state index contributed by atoms with van der Waals surface area (Å²) in [6.07, 6.45) is 0. The summed E-state index contributed by atoms with van der Waals surface area (Å²) in [6, 6.07) is 0. The second-order valence-electron chi connectivity index (χ2n) is 5.60. The number of carbonyl (C=O) groups excluding carboxylic acids is 1. The molecule has 4 nitrogen and oxygen atoms in total. The molecule has 0 unspecified atom stereocenters. The van der Waals surface area contributed by atoms with Crippen LogP contribution in [-0.4, -0.2) is 18.7 Å². The molecule has 1 heterocycles. The van der Waals surface area contributed by atoms with E-state index in [1.54, 1.807) is 7.11 Å². The zero-order valence-corrected chi connectivity index (χ0v) is 12.6. The number of rotatable bonds is 3. The van der Waals surface area contributed by atoms with E-state index >= 15 is 0 Å². The lowest BCUT2D eigenvalue weighted by atomic mass is 9.96. The fourth-order valence-corrected chi connectivity index (χ4v) is 2.42. The number of esters is 1. The standard InChI is InChI=1S/C13H21NO3S/c1-12(2,3)17-11(15)9-8(7-18-10(9)14)13(4,5)16-6/h7H,14H2,1-6H3. The zero-order valence-electron chi connectivity index (χ0n) is 11.8. The van der Waals surface area contributed by atoms with Gasteiger partial charge >= 0.3 is 5.97 Å². The molecule has 0 aliphatic rings. The third-order valence-corrected chi connectivity index (χ3v) is 3.39. The molecular weight excluding hydrogens is 250 g/mol. The van der Waals surface area contributed by atoms with Gasteiger partial charge in [0.1, 0.15) is 10.6 Å². The van der Waals surface area contributed by atoms with Crippen LogP contribution in [0.25, 0.3) is 0 Å². The van der Waals surface area contributed by atoms with Gasteiger partial charge < -0.3 is 15.2 Å². The van der Waals surface area contributed by atoms with Crippen molar-refractivity contribution in [3.8, 4) is 0 Å². The fourth-order valence-electron chi connectivity index (χ4n) is 1.47. The van der Waals surface area contributed by atoms with Crippen LogP contribution >= 0.6 is 11.3 Å². The second kappa shape index (κ2) is 4.90. The molecule has 0 bridgehead atoms. The van der Waals surface area contributed by atoms with E-state index in [4.69, 9.17) is 15.2 Å². The first-order chi connectivity index (χ1) is 8.08. The Morgan fingerprint density at radius 1 is 1.28 bits per heavy atom. The van der Waals surface area contributed by atoms with Gasteiger partial charge in [0, 0.05) is 12.7 Å². The quantitative estimate of drug-likeness (QED) is 0.858. The number of anilines is 1. The van der Waals surface area contributed by atoms with E-state index in [9.17, 15) is 4.79 Å². The van der Waals surface area contributed by atoms with Crippen LogP contribution in [0.4, 0.5) is 5.00 Å². The third kappa shape index (κ3) is 3.23. The van der Waals surface area contributed by atoms with E-state index in [0.717, 1.165) is 5.56 Å². The van der Waals surface area contributed by atoms with Crippen LogP contribution < -0.4 is 5.73 Å². The predicted octanol–water partition coefficient (Wildman–Crippen LogP) is 3.17. The minimum absolute atomic E-state index is 0.402. The number of ether oxygens (including phenoxy) is 2. The number of hydrogen-bond acceptors (Lipinski definition) is 5. The highest BCUT2D eigenvalue weighted by atomic mass is 32.1. The van der Waals surface area contributed by atoms with Crippen molar-refractivity contribution in [1.82, 2.24) is 0 Å². The largest absolute Gasteiger partial charge is 0.456 e. The second-order valence-corrected chi connectivity index (χ2v) is 6.52. The lowest BCUT2D eigenvalue weighted by molar-refractivity contribution is 0.00210. The molecule has 0 aromatic carbocycles. The number of nitrogens with two attached hydrogens (primary N) is 1. The zero-order chi connectivity index (χ0) is 14.1. The van der Waals surface area contributed by atoms with Gasteiger partial charge in [-0.15, -0.1) is 11.3 Å². The van der Waals surface area contributed by atoms with Gasteiger partial charge in [0.15, 0.2) is 0 Å². The van der Waals surface area contributed by atoms with Crippen LogP contribution in [-0.2, 0) is 15.1 Å². The Kier molecular flexibility index (Phi) is 4.08. The summed E-state index contributed by atoms with van der Waals surface area (Å²) in [5, 5.41) is 2.31. The van der Waals surface area contributed by atoms with Gasteiger partial charge in [0.25, 0.3) is 0 Å². The summed E-state index contributed by atoms with van der Waals surface area (Å²) < 4.78 is 10.8. The van der Waals surface area contributed by atoms with Gasteiger partial charge in [0.2, 0.25) is 0 Å². The Bertz CT molecular complexity index is 444. The van der Waals surface area contributed by atoms with Crippen LogP contribution in [0.3, 0.4) is 0 Å². The average Bonchev–Trinajstić information content (AvgIpc) is 2.58. The van der Waals surface area contributed by atoms with Gasteiger partial charge in [-0.1, -0.05) is 0 Å². The lowest BCUT2D eigenvalue weighted by Gasteiger charge is -2.25. The molecule has 1 aromatic rings. The molecule has 0 radical (unpaired) electrons. The van der Waals surface area contributed by atoms with Gasteiger partial charge in [-0.25, -0.2) is 4.79 Å². The van der Waals surface area contributed by atoms with E-state index in [2.05, 4.69) is 0 Å². The van der Waals surface area contributed by atoms with E-state index in [-0.39, 0.29) is 0 Å². The van der Waals surface area contributed by atoms with Gasteiger partial charge in [-0.3, -0.25) is 0 Å². The third-order valence-electron chi connectivity index (χ3n) is 2.58. The minimum Gasteiger partial charge on any atom is -0.456 e. The Labute approximate surface area is 112 Å². The van der Waals surface area contributed by atoms with E-state index in [1.165, 1.54) is 11.3 Å². The number of nitrogen functional groups attached to an aromatic ring is 1. The molecular formula is C13H21NO3S. The highest BCUT2D eigenvalue weighted by Gasteiger charge is 2.31. The molecule has 0 amide bonds. The van der Waals surface area contributed by atoms with Crippen molar-refractivity contribution in [2.24, 2.45) is 0 Å². The first kappa shape index (κ1) is 15.0. The molecule has 1 rings (SSSR count). The molecule has 0 atom stereocenters. The summed E-state index contributed by atoms with van der Waals surface area (Å²) in [5.41, 5.74) is 5.95. The van der Waals surface area contributed by atoms with Gasteiger partial charge in [0.05, 0.1) is 11.2 Å². The lowest BCUT2D eigenvalue weighted by Crippen LogP contribution is -2.27. The van der Waals surface area contributed by atoms with Crippen molar-refractivity contribution in [3.05, 3.63) is 16.5 Å². The van der Waals surface area contributed by atoms with Crippen molar-refractivity contribution in [2.45, 2.75) is 45.8 Å². The maximum absolute atomic E-state index is 12.2. The first-order valence-electron chi connectivity index (χ1n) is 5.74. The molecule has 0 saturated carbocycles. The summed E-state index contributed by atoms with van der Waals surface area (Å²) in [7, 11) is 1.60. The van der Waals surface area contributed by atoms with Crippen molar-refractivity contribution >= 4 is 22.3 Å². The minimum atomic E-state index is -0.569. The Hall–Kier alpha value is -1.07. The number of thiophene rings is 1. The van der Waals surface area contributed by atoms with Gasteiger partial charge in [-0.2, -0.15) is 0 Å². The smallest absolute Gasteiger partial charge is 0.342 e. The average molecular weight is 271 g/mol. The number of methoxy groups -OCH3 is 1. The maximum atomic E-state index is 12.2. The van der Waals surface area contributed by atoms with Gasteiger partial charge in [-0.05, 0) is 40.0 Å². The number of hydrogen-bond donors (Lipinski definition) is 1. The van der Waals surface area contributed by atoms with Crippen molar-refractivity contribution in [1.29, 1.82) is 0 Å². The molecule has 1 aromatic heterocycles. The van der Waals surface area contributed by atoms with Crippen LogP contribution in [0, 0.1) is 0 Å². The molecule has 0 saturated heterocycles. The predicted molar refractivity (Wildman–Crippen MR) is 73.9 cm³/mol. The summed E-state index contributed by atoms with van der Waals surface area (Å²) in [4.78, 5) is 12.2. The van der Waals surface area contributed by atoms with Crippen LogP contribution in [0.15, 0.2) is 5.38 Å². The molecule has 0 fully saturated rings. The topological polar surface area (TPSA) is 61.5 Å². The summed E-state index contributed by atoms with van der Waals surface area (Å²) >= 11 is 1.32. The van der Waals surface area contributed by atoms with E-state index < -0.39 is 17.2 Å². The molecule has 2 N–H and O–H groups in total. The maximum Gasteiger partial charge on any atom is 0.342 e. The monoisotopic (exact) mass is 271 g/mol. The van der Waals surface area contributed by atoms with Crippen LogP contribution in [0.5, 0.6) is 0 Å². The SMILES string of the molecule is COC(C)(C)c1csc(N)c1C(=O)OC(C)(C)C. The van der Waals surface area contributed by atoms with Crippen molar-refractivity contribution in [2.75, 3.05) is 12.8 Å². The summed E-state index contributed by atoms with van der Waals surface area (Å²) in [6.45, 7) is 9.27. The van der Waals surface area contributed by atoms with E-state index in [1.807, 2.05) is 40.0 Å². The first-order valence-corrected chi connectivity index (χ1v) is 6.62. The van der Waals surface area contributed by atoms with Crippen LogP contribution in [0.2, 0.25) is 0 Å². The number of carbonyl (C=O) groups is 1. The van der Waals surface area contributed by atoms with Crippen molar-refractivity contribution < 1.29 is 14.3 Å². The van der Waals surface area contributed by atoms with E-state index in [0.29, 0.717) is 10.6 Å². The van der Waals surface area contributed by atoms with Crippen molar-refractivity contribution in [3.63, 3.8) is 0 Å². The van der Waals surface area contributed by atoms with Crippen LogP contribution in [0.1, 0.15) is 50.5 Å². The molecule has 0 aliphatic carbocycles. The Balaban J connectivity index is 3.17. The molecule has 0 aliphatic heterocycles. The molecule has 102 valence electrons. The fraction of sp³-hybridized carbons (Fsp3) is 0.615. The summed E-state index contributed by atoms with van der Waals surface area (Å²) in [5.74, 6) is -0.402. The Morgan fingerprint density at radius 2 is 1.83 bits per heavy atom.